The molecule has 264 valence electrons. The number of nitrogens with one attached hydrogen (secondary N) is 2. The van der Waals surface area contributed by atoms with Gasteiger partial charge in [-0.2, -0.15) is 5.10 Å². The highest BCUT2D eigenvalue weighted by Gasteiger charge is 2.28. The maximum atomic E-state index is 14.4. The van der Waals surface area contributed by atoms with Crippen LogP contribution < -0.4 is 20.3 Å². The second kappa shape index (κ2) is 14.3. The molecule has 0 aliphatic heterocycles. The molecule has 2 aromatic heterocycles. The minimum atomic E-state index is -3.98. The van der Waals surface area contributed by atoms with E-state index in [1.54, 1.807) is 36.4 Å². The Kier molecular flexibility index (Phi) is 10.0. The average molecular weight is 802 g/mol. The number of hydrogen-bond acceptors (Lipinski definition) is 7. The number of fused-ring (bicyclic) bond motifs is 2. The molecule has 0 aliphatic carbocycles. The van der Waals surface area contributed by atoms with E-state index in [1.165, 1.54) is 37.0 Å². The summed E-state index contributed by atoms with van der Waals surface area (Å²) in [4.78, 5) is 31.2. The first-order valence-corrected chi connectivity index (χ1v) is 18.0. The van der Waals surface area contributed by atoms with Crippen molar-refractivity contribution in [3.8, 4) is 11.4 Å². The fourth-order valence-corrected chi connectivity index (χ4v) is 7.45. The predicted octanol–water partition coefficient (Wildman–Crippen LogP) is 6.51. The van der Waals surface area contributed by atoms with Crippen molar-refractivity contribution in [3.05, 3.63) is 121 Å². The Morgan fingerprint density at radius 3 is 2.41 bits per heavy atom. The number of ether oxygens (including phenoxy) is 1. The van der Waals surface area contributed by atoms with Crippen molar-refractivity contribution >= 4 is 71.3 Å². The van der Waals surface area contributed by atoms with E-state index in [-0.39, 0.29) is 68.3 Å². The van der Waals surface area contributed by atoms with Crippen LogP contribution in [0.2, 0.25) is 5.02 Å². The van der Waals surface area contributed by atoms with E-state index in [9.17, 15) is 31.9 Å². The van der Waals surface area contributed by atoms with Crippen LogP contribution in [0.15, 0.2) is 82.1 Å². The van der Waals surface area contributed by atoms with Crippen molar-refractivity contribution in [1.29, 1.82) is 0 Å². The average Bonchev–Trinajstić information content (AvgIpc) is 3.38. The van der Waals surface area contributed by atoms with Gasteiger partial charge >= 0.3 is 6.09 Å². The van der Waals surface area contributed by atoms with Crippen molar-refractivity contribution in [2.75, 3.05) is 17.6 Å². The summed E-state index contributed by atoms with van der Waals surface area (Å²) in [5.74, 6) is -1.62. The van der Waals surface area contributed by atoms with Crippen LogP contribution in [0.25, 0.3) is 27.5 Å². The number of aromatic nitrogens is 4. The molecule has 3 N–H and O–H groups in total. The molecule has 1 amide bonds. The van der Waals surface area contributed by atoms with Crippen LogP contribution in [-0.2, 0) is 29.9 Å². The monoisotopic (exact) mass is 800 g/mol. The zero-order valence-corrected chi connectivity index (χ0v) is 30.0. The van der Waals surface area contributed by atoms with Crippen LogP contribution in [0, 0.1) is 11.6 Å². The molecular weight excluding hydrogens is 774 g/mol. The number of hydrogen-bond donors (Lipinski definition) is 3. The Hall–Kier alpha value is -5.06. The van der Waals surface area contributed by atoms with E-state index < -0.39 is 39.4 Å². The van der Waals surface area contributed by atoms with Gasteiger partial charge in [0.05, 0.1) is 51.4 Å². The maximum absolute atomic E-state index is 14.4. The third-order valence-electron chi connectivity index (χ3n) is 8.06. The molecule has 0 fully saturated rings. The topological polar surface area (TPSA) is 157 Å². The highest BCUT2D eigenvalue weighted by Crippen LogP contribution is 2.36. The SMILES string of the molecule is COc1ccc(CCS(=O)(=O)Nc2nn(C)c3c(-n4c([C@H](Cc5cc(F)cc(F)c5)NC(=O)O)nc5cc(Br)ccc5c4=O)ccc(Cl)c23)cc1. The molecule has 6 aromatic rings. The lowest BCUT2D eigenvalue weighted by Crippen LogP contribution is -2.35. The summed E-state index contributed by atoms with van der Waals surface area (Å²) in [5.41, 5.74) is 0.797. The molecule has 0 unspecified atom stereocenters. The molecule has 0 bridgehead atoms. The zero-order chi connectivity index (χ0) is 36.6. The van der Waals surface area contributed by atoms with E-state index in [0.717, 1.165) is 22.3 Å². The lowest BCUT2D eigenvalue weighted by atomic mass is 10.0. The Morgan fingerprint density at radius 2 is 1.75 bits per heavy atom. The number of methoxy groups -OCH3 is 1. The summed E-state index contributed by atoms with van der Waals surface area (Å²) in [6.45, 7) is 0. The number of sulfonamides is 1. The fourth-order valence-electron chi connectivity index (χ4n) is 5.82. The lowest BCUT2D eigenvalue weighted by Gasteiger charge is -2.22. The van der Waals surface area contributed by atoms with Crippen molar-refractivity contribution < 1.29 is 31.8 Å². The van der Waals surface area contributed by atoms with Crippen LogP contribution in [0.5, 0.6) is 5.75 Å². The van der Waals surface area contributed by atoms with Gasteiger partial charge in [-0.15, -0.1) is 0 Å². The van der Waals surface area contributed by atoms with Crippen LogP contribution >= 0.6 is 27.5 Å². The third kappa shape index (κ3) is 7.67. The van der Waals surface area contributed by atoms with Gasteiger partial charge in [0.2, 0.25) is 10.0 Å². The van der Waals surface area contributed by atoms with E-state index in [0.29, 0.717) is 16.3 Å². The lowest BCUT2D eigenvalue weighted by molar-refractivity contribution is 0.189. The molecule has 4 aromatic carbocycles. The first-order valence-electron chi connectivity index (χ1n) is 15.2. The third-order valence-corrected chi connectivity index (χ3v) is 10.1. The quantitative estimate of drug-likeness (QED) is 0.134. The van der Waals surface area contributed by atoms with E-state index >= 15 is 0 Å². The number of aryl methyl sites for hydroxylation is 2. The second-order valence-electron chi connectivity index (χ2n) is 11.5. The first-order chi connectivity index (χ1) is 24.2. The summed E-state index contributed by atoms with van der Waals surface area (Å²) in [7, 11) is -0.920. The Balaban J connectivity index is 1.50. The van der Waals surface area contributed by atoms with Gasteiger partial charge < -0.3 is 15.2 Å². The molecular formula is C34H28BrClF2N6O6S. The number of carbonyl (C=O) groups is 1. The van der Waals surface area contributed by atoms with Gasteiger partial charge in [0.1, 0.15) is 23.2 Å². The Morgan fingerprint density at radius 1 is 1.04 bits per heavy atom. The number of nitrogens with zero attached hydrogens (tertiary/aromatic N) is 4. The van der Waals surface area contributed by atoms with Gasteiger partial charge in [0, 0.05) is 24.0 Å². The molecule has 12 nitrogen and oxygen atoms in total. The van der Waals surface area contributed by atoms with Gasteiger partial charge in [-0.1, -0.05) is 39.7 Å². The number of benzene rings is 4. The van der Waals surface area contributed by atoms with Crippen molar-refractivity contribution in [2.24, 2.45) is 7.05 Å². The summed E-state index contributed by atoms with van der Waals surface area (Å²) in [6.07, 6.45) is -1.59. The van der Waals surface area contributed by atoms with Crippen LogP contribution in [0.4, 0.5) is 19.4 Å². The normalized spacial score (nSPS) is 12.3. The van der Waals surface area contributed by atoms with Crippen molar-refractivity contribution in [2.45, 2.75) is 18.9 Å². The number of carboxylic acid groups (broad SMARTS) is 1. The molecule has 0 saturated heterocycles. The molecule has 0 spiro atoms. The molecule has 1 atom stereocenters. The molecule has 6 rings (SSSR count). The molecule has 0 saturated carbocycles. The van der Waals surface area contributed by atoms with Crippen LogP contribution in [0.3, 0.4) is 0 Å². The van der Waals surface area contributed by atoms with E-state index in [4.69, 9.17) is 21.3 Å². The fraction of sp³-hybridized carbons (Fsp3) is 0.176. The summed E-state index contributed by atoms with van der Waals surface area (Å²) in [6, 6.07) is 16.1. The molecule has 0 aliphatic rings. The molecule has 17 heteroatoms. The Bertz CT molecular complexity index is 2470. The number of anilines is 1. The van der Waals surface area contributed by atoms with Gasteiger partial charge in [0.25, 0.3) is 5.56 Å². The van der Waals surface area contributed by atoms with E-state index in [2.05, 4.69) is 31.1 Å². The molecule has 0 radical (unpaired) electrons. The van der Waals surface area contributed by atoms with Gasteiger partial charge in [-0.05, 0) is 72.1 Å². The first kappa shape index (κ1) is 35.8. The van der Waals surface area contributed by atoms with E-state index in [1.807, 2.05) is 0 Å². The molecule has 51 heavy (non-hydrogen) atoms. The maximum Gasteiger partial charge on any atom is 0.405 e. The Labute approximate surface area is 302 Å². The van der Waals surface area contributed by atoms with Crippen LogP contribution in [-0.4, -0.2) is 51.8 Å². The minimum absolute atomic E-state index is 0.0921. The van der Waals surface area contributed by atoms with Crippen molar-refractivity contribution in [1.82, 2.24) is 24.6 Å². The number of amides is 1. The zero-order valence-electron chi connectivity index (χ0n) is 26.8. The molecule has 2 heterocycles. The smallest absolute Gasteiger partial charge is 0.405 e. The van der Waals surface area contributed by atoms with Gasteiger partial charge in [0.15, 0.2) is 5.82 Å². The summed E-state index contributed by atoms with van der Waals surface area (Å²) in [5, 5.41) is 17.0. The van der Waals surface area contributed by atoms with Gasteiger partial charge in [-0.25, -0.2) is 27.0 Å². The summed E-state index contributed by atoms with van der Waals surface area (Å²) >= 11 is 10.0. The minimum Gasteiger partial charge on any atom is -0.497 e. The highest BCUT2D eigenvalue weighted by atomic mass is 79.9. The summed E-state index contributed by atoms with van der Waals surface area (Å²) < 4.78 is 65.8. The van der Waals surface area contributed by atoms with Crippen molar-refractivity contribution in [3.63, 3.8) is 0 Å². The second-order valence-corrected chi connectivity index (χ2v) is 14.7. The number of rotatable bonds is 11. The van der Waals surface area contributed by atoms with Gasteiger partial charge in [-0.3, -0.25) is 18.8 Å². The highest BCUT2D eigenvalue weighted by molar-refractivity contribution is 9.10. The number of halogens is 4. The predicted molar refractivity (Wildman–Crippen MR) is 192 cm³/mol. The van der Waals surface area contributed by atoms with Crippen LogP contribution in [0.1, 0.15) is 23.0 Å². The standard InChI is InChI=1S/C34H28BrClF2N6O6S/c1-43-30-28(10-9-25(36)29(30)31(41-43)42-51(48,49)12-11-18-3-6-23(50-2)7-4-18)44-32(39-26-16-20(35)5-8-24(26)33(44)45)27(40-34(46)47)15-19-13-21(37)17-22(38)14-19/h3-10,13-14,16-17,27,40H,11-12,15H2,1-2H3,(H,41,42)(H,46,47)/t27-/m0/s1. The largest absolute Gasteiger partial charge is 0.497 e.